The van der Waals surface area contributed by atoms with Crippen LogP contribution < -0.4 is 4.90 Å². The van der Waals surface area contributed by atoms with Crippen LogP contribution in [0.3, 0.4) is 0 Å². The van der Waals surface area contributed by atoms with E-state index in [1.54, 1.807) is 7.11 Å². The van der Waals surface area contributed by atoms with Gasteiger partial charge in [-0.15, -0.1) is 0 Å². The van der Waals surface area contributed by atoms with E-state index in [2.05, 4.69) is 4.90 Å². The molecule has 46 heavy (non-hydrogen) atoms. The number of benzene rings is 1. The maximum atomic E-state index is 13.4. The summed E-state index contributed by atoms with van der Waals surface area (Å²) in [6.07, 6.45) is -0.173. The maximum Gasteiger partial charge on any atom is 0.417 e. The highest BCUT2D eigenvalue weighted by Crippen LogP contribution is 2.37. The quantitative estimate of drug-likeness (QED) is 0.160. The van der Waals surface area contributed by atoms with E-state index in [1.165, 1.54) is 23.4 Å². The van der Waals surface area contributed by atoms with Crippen LogP contribution in [0.15, 0.2) is 29.3 Å². The number of ether oxygens (including phenoxy) is 3. The van der Waals surface area contributed by atoms with Gasteiger partial charge in [0.1, 0.15) is 0 Å². The van der Waals surface area contributed by atoms with Crippen molar-refractivity contribution in [2.45, 2.75) is 51.6 Å². The number of halogens is 3. The van der Waals surface area contributed by atoms with Crippen molar-refractivity contribution < 1.29 is 45.4 Å². The van der Waals surface area contributed by atoms with Crippen LogP contribution in [0.1, 0.15) is 56.6 Å². The van der Waals surface area contributed by atoms with Crippen molar-refractivity contribution >= 4 is 27.5 Å². The van der Waals surface area contributed by atoms with E-state index in [1.807, 2.05) is 0 Å². The molecule has 11 nitrogen and oxygen atoms in total. The zero-order valence-corrected chi connectivity index (χ0v) is 27.3. The number of imide groups is 1. The average molecular weight is 673 g/mol. The molecule has 0 radical (unpaired) electrons. The molecular weight excluding hydrogens is 629 g/mol. The zero-order chi connectivity index (χ0) is 33.7. The van der Waals surface area contributed by atoms with Crippen LogP contribution in [-0.2, 0) is 40.0 Å². The summed E-state index contributed by atoms with van der Waals surface area (Å²) in [6.45, 7) is 6.38. The molecule has 0 unspecified atom stereocenters. The topological polar surface area (TPSA) is 129 Å². The first-order chi connectivity index (χ1) is 21.9. The van der Waals surface area contributed by atoms with Gasteiger partial charge in [0.25, 0.3) is 11.8 Å². The van der Waals surface area contributed by atoms with Crippen molar-refractivity contribution in [3.8, 4) is 6.07 Å². The first-order valence-electron chi connectivity index (χ1n) is 15.4. The van der Waals surface area contributed by atoms with Crippen molar-refractivity contribution in [2.24, 2.45) is 0 Å². The summed E-state index contributed by atoms with van der Waals surface area (Å²) in [5.74, 6) is -1.34. The van der Waals surface area contributed by atoms with Crippen LogP contribution in [0.4, 0.5) is 18.9 Å². The van der Waals surface area contributed by atoms with Crippen molar-refractivity contribution in [1.82, 2.24) is 9.21 Å². The van der Waals surface area contributed by atoms with Gasteiger partial charge in [0.2, 0.25) is 10.0 Å². The average Bonchev–Trinajstić information content (AvgIpc) is 3.23. The Balaban J connectivity index is 1.31. The molecule has 1 aromatic carbocycles. The Morgan fingerprint density at radius 2 is 1.52 bits per heavy atom. The van der Waals surface area contributed by atoms with Gasteiger partial charge in [-0.05, 0) is 50.9 Å². The number of piperazine rings is 1. The number of carbonyl (C=O) groups is 2. The van der Waals surface area contributed by atoms with Crippen LogP contribution >= 0.6 is 0 Å². The minimum atomic E-state index is -4.80. The van der Waals surface area contributed by atoms with E-state index in [0.717, 1.165) is 43.2 Å². The number of amides is 2. The summed E-state index contributed by atoms with van der Waals surface area (Å²) in [6, 6.07) is 4.31. The molecule has 0 saturated carbocycles. The Kier molecular flexibility index (Phi) is 14.6. The number of nitriles is 1. The number of unbranched alkanes of at least 4 members (excludes halogenated alkanes) is 4. The number of alkyl halides is 3. The van der Waals surface area contributed by atoms with E-state index in [4.69, 9.17) is 19.5 Å². The van der Waals surface area contributed by atoms with Crippen LogP contribution in [0.2, 0.25) is 0 Å². The molecule has 1 saturated heterocycles. The zero-order valence-electron chi connectivity index (χ0n) is 26.4. The van der Waals surface area contributed by atoms with E-state index >= 15 is 0 Å². The minimum absolute atomic E-state index is 0.0618. The number of sulfonamides is 1. The first kappa shape index (κ1) is 37.6. The van der Waals surface area contributed by atoms with Crippen LogP contribution in [0.5, 0.6) is 0 Å². The second-order valence-corrected chi connectivity index (χ2v) is 13.3. The molecule has 0 spiro atoms. The molecule has 1 fully saturated rings. The van der Waals surface area contributed by atoms with Gasteiger partial charge in [0.15, 0.2) is 0 Å². The molecule has 0 aliphatic carbocycles. The second kappa shape index (κ2) is 17.9. The summed E-state index contributed by atoms with van der Waals surface area (Å²) < 4.78 is 82.6. The summed E-state index contributed by atoms with van der Waals surface area (Å²) >= 11 is 0. The molecule has 3 rings (SSSR count). The van der Waals surface area contributed by atoms with E-state index < -0.39 is 39.1 Å². The summed E-state index contributed by atoms with van der Waals surface area (Å²) in [4.78, 5) is 28.8. The SMILES string of the molecule is COCCOCCOCCS(=O)(=O)N1CCN(CCCCCCCC2=C(C)C(=O)N(c3ccc(C#N)c(C(F)(F)F)c3)C2=O)CC1. The fourth-order valence-electron chi connectivity index (χ4n) is 5.37. The third kappa shape index (κ3) is 10.6. The third-order valence-corrected chi connectivity index (χ3v) is 9.87. The molecule has 2 amide bonds. The molecule has 15 heteroatoms. The summed E-state index contributed by atoms with van der Waals surface area (Å²) in [7, 11) is -1.79. The monoisotopic (exact) mass is 672 g/mol. The fourth-order valence-corrected chi connectivity index (χ4v) is 6.68. The normalized spacial score (nSPS) is 16.9. The van der Waals surface area contributed by atoms with Crippen molar-refractivity contribution in [3.63, 3.8) is 0 Å². The van der Waals surface area contributed by atoms with Gasteiger partial charge >= 0.3 is 6.18 Å². The number of hydrogen-bond donors (Lipinski definition) is 0. The first-order valence-corrected chi connectivity index (χ1v) is 17.1. The molecule has 0 N–H and O–H groups in total. The highest BCUT2D eigenvalue weighted by molar-refractivity contribution is 7.89. The van der Waals surface area contributed by atoms with Gasteiger partial charge in [-0.1, -0.05) is 19.3 Å². The summed E-state index contributed by atoms with van der Waals surface area (Å²) in [5, 5.41) is 9.02. The lowest BCUT2D eigenvalue weighted by Gasteiger charge is -2.34. The molecule has 2 aliphatic heterocycles. The molecule has 2 aliphatic rings. The highest BCUT2D eigenvalue weighted by Gasteiger charge is 2.39. The number of hydrogen-bond acceptors (Lipinski definition) is 9. The molecule has 0 bridgehead atoms. The van der Waals surface area contributed by atoms with Crippen molar-refractivity contribution in [2.75, 3.05) is 83.5 Å². The molecule has 256 valence electrons. The smallest absolute Gasteiger partial charge is 0.382 e. The van der Waals surface area contributed by atoms with E-state index in [0.29, 0.717) is 77.1 Å². The van der Waals surface area contributed by atoms with Gasteiger partial charge in [-0.3, -0.25) is 9.59 Å². The van der Waals surface area contributed by atoms with Gasteiger partial charge in [-0.2, -0.15) is 22.7 Å². The summed E-state index contributed by atoms with van der Waals surface area (Å²) in [5.41, 5.74) is -1.46. The standard InChI is InChI=1S/C31H43F3N4O7S/c1-24-27(30(40)38(29(24)39)26-10-9-25(23-35)28(22-26)31(32,33)34)8-6-4-3-5-7-11-36-12-14-37(15-13-36)46(41,42)21-20-45-19-18-44-17-16-43-2/h9-10,22H,3-8,11-21H2,1-2H3. The Bertz CT molecular complexity index is 1370. The fraction of sp³-hybridized carbons (Fsp3) is 0.645. The molecule has 1 aromatic rings. The lowest BCUT2D eigenvalue weighted by molar-refractivity contribution is -0.138. The minimum Gasteiger partial charge on any atom is -0.382 e. The Labute approximate surface area is 268 Å². The number of carbonyl (C=O) groups excluding carboxylic acids is 2. The van der Waals surface area contributed by atoms with Crippen molar-refractivity contribution in [1.29, 1.82) is 5.26 Å². The number of rotatable bonds is 19. The Morgan fingerprint density at radius 3 is 2.17 bits per heavy atom. The van der Waals surface area contributed by atoms with Gasteiger partial charge < -0.3 is 19.1 Å². The van der Waals surface area contributed by atoms with E-state index in [-0.39, 0.29) is 23.6 Å². The largest absolute Gasteiger partial charge is 0.417 e. The molecule has 2 heterocycles. The molecule has 0 atom stereocenters. The second-order valence-electron chi connectivity index (χ2n) is 11.2. The highest BCUT2D eigenvalue weighted by atomic mass is 32.2. The van der Waals surface area contributed by atoms with E-state index in [9.17, 15) is 31.2 Å². The predicted octanol–water partition coefficient (Wildman–Crippen LogP) is 3.73. The van der Waals surface area contributed by atoms with Gasteiger partial charge in [0, 0.05) is 44.4 Å². The Hall–Kier alpha value is -2.87. The predicted molar refractivity (Wildman–Crippen MR) is 164 cm³/mol. The number of anilines is 1. The molecular formula is C31H43F3N4O7S. The lowest BCUT2D eigenvalue weighted by atomic mass is 10.0. The molecule has 0 aromatic heterocycles. The van der Waals surface area contributed by atoms with Gasteiger partial charge in [0.05, 0.1) is 61.7 Å². The number of nitrogens with zero attached hydrogens (tertiary/aromatic N) is 4. The van der Waals surface area contributed by atoms with Gasteiger partial charge in [-0.25, -0.2) is 13.3 Å². The van der Waals surface area contributed by atoms with Crippen LogP contribution in [0.25, 0.3) is 0 Å². The third-order valence-electron chi connectivity index (χ3n) is 8.04. The Morgan fingerprint density at radius 1 is 0.891 bits per heavy atom. The lowest BCUT2D eigenvalue weighted by Crippen LogP contribution is -2.49. The number of methoxy groups -OCH3 is 1. The van der Waals surface area contributed by atoms with Crippen LogP contribution in [-0.4, -0.2) is 108 Å². The maximum absolute atomic E-state index is 13.4. The van der Waals surface area contributed by atoms with Crippen LogP contribution in [0, 0.1) is 11.3 Å². The van der Waals surface area contributed by atoms with Crippen molar-refractivity contribution in [3.05, 3.63) is 40.5 Å².